The van der Waals surface area contributed by atoms with Gasteiger partial charge in [0.1, 0.15) is 16.8 Å². The van der Waals surface area contributed by atoms with Crippen LogP contribution in [0.2, 0.25) is 0 Å². The quantitative estimate of drug-likeness (QED) is 0.525. The molecule has 0 radical (unpaired) electrons. The molecule has 0 saturated heterocycles. The van der Waals surface area contributed by atoms with E-state index in [2.05, 4.69) is 20.9 Å². The highest BCUT2D eigenvalue weighted by atomic mass is 79.9. The molecule has 3 rings (SSSR count). The van der Waals surface area contributed by atoms with E-state index < -0.39 is 11.7 Å². The molecular weight excluding hydrogens is 417 g/mol. The lowest BCUT2D eigenvalue weighted by Crippen LogP contribution is -2.03. The first-order valence-corrected chi connectivity index (χ1v) is 8.47. The van der Waals surface area contributed by atoms with Gasteiger partial charge in [-0.3, -0.25) is 0 Å². The maximum absolute atomic E-state index is 12.8. The minimum absolute atomic E-state index is 0.0651. The number of alkyl halides is 3. The number of benzene rings is 2. The van der Waals surface area contributed by atoms with E-state index >= 15 is 0 Å². The number of rotatable bonds is 2. The van der Waals surface area contributed by atoms with Crippen LogP contribution in [0.1, 0.15) is 16.1 Å². The van der Waals surface area contributed by atoms with E-state index in [-0.39, 0.29) is 16.8 Å². The highest BCUT2D eigenvalue weighted by Gasteiger charge is 2.30. The van der Waals surface area contributed by atoms with Gasteiger partial charge in [0.2, 0.25) is 0 Å². The summed E-state index contributed by atoms with van der Waals surface area (Å²) in [6.45, 7) is 0. The van der Waals surface area contributed by atoms with Crippen molar-refractivity contribution >= 4 is 49.1 Å². The molecule has 126 valence electrons. The standard InChI is InChI=1S/C17H8BrF3N2OS/c18-12-6-9(1-3-14(12)24)5-10(8-22)16-23-13-7-11(17(19,20)21)2-4-15(13)25-16/h1-7,24H/b10-5+. The van der Waals surface area contributed by atoms with Crippen molar-refractivity contribution in [1.29, 1.82) is 5.26 Å². The number of nitrogens with zero attached hydrogens (tertiary/aromatic N) is 2. The van der Waals surface area contributed by atoms with Gasteiger partial charge in [-0.15, -0.1) is 11.3 Å². The number of thiazole rings is 1. The summed E-state index contributed by atoms with van der Waals surface area (Å²) in [6.07, 6.45) is -2.88. The molecule has 0 unspecified atom stereocenters. The SMILES string of the molecule is N#C/C(=C\c1ccc(O)c(Br)c1)c1nc2cc(C(F)(F)F)ccc2s1. The normalized spacial score (nSPS) is 12.4. The number of aromatic nitrogens is 1. The fourth-order valence-electron chi connectivity index (χ4n) is 2.14. The Bertz CT molecular complexity index is 1030. The number of hydrogen-bond donors (Lipinski definition) is 1. The van der Waals surface area contributed by atoms with Crippen molar-refractivity contribution in [3.63, 3.8) is 0 Å². The molecule has 0 aliphatic heterocycles. The van der Waals surface area contributed by atoms with E-state index in [0.29, 0.717) is 19.7 Å². The van der Waals surface area contributed by atoms with Crippen molar-refractivity contribution in [2.75, 3.05) is 0 Å². The number of hydrogen-bond acceptors (Lipinski definition) is 4. The zero-order valence-electron chi connectivity index (χ0n) is 12.3. The predicted molar refractivity (Wildman–Crippen MR) is 93.9 cm³/mol. The lowest BCUT2D eigenvalue weighted by atomic mass is 10.1. The molecule has 1 N–H and O–H groups in total. The van der Waals surface area contributed by atoms with E-state index in [1.165, 1.54) is 12.1 Å². The van der Waals surface area contributed by atoms with E-state index in [4.69, 9.17) is 0 Å². The molecule has 0 spiro atoms. The molecule has 1 heterocycles. The second-order valence-electron chi connectivity index (χ2n) is 5.08. The molecule has 0 atom stereocenters. The molecule has 0 fully saturated rings. The summed E-state index contributed by atoms with van der Waals surface area (Å²) in [7, 11) is 0. The van der Waals surface area contributed by atoms with Gasteiger partial charge in [0, 0.05) is 0 Å². The second kappa shape index (κ2) is 6.50. The first kappa shape index (κ1) is 17.5. The Morgan fingerprint density at radius 1 is 1.24 bits per heavy atom. The molecule has 3 aromatic rings. The van der Waals surface area contributed by atoms with Gasteiger partial charge in [0.15, 0.2) is 0 Å². The Balaban J connectivity index is 2.05. The van der Waals surface area contributed by atoms with Gasteiger partial charge in [-0.1, -0.05) is 6.07 Å². The first-order chi connectivity index (χ1) is 11.8. The number of halogens is 4. The minimum Gasteiger partial charge on any atom is -0.507 e. The summed E-state index contributed by atoms with van der Waals surface area (Å²) in [5.74, 6) is 0.0651. The second-order valence-corrected chi connectivity index (χ2v) is 6.96. The summed E-state index contributed by atoms with van der Waals surface area (Å²) >= 11 is 4.33. The number of phenols is 1. The molecule has 3 nitrogen and oxygen atoms in total. The van der Waals surface area contributed by atoms with Crippen LogP contribution < -0.4 is 0 Å². The van der Waals surface area contributed by atoms with Crippen LogP contribution in [-0.2, 0) is 6.18 Å². The Morgan fingerprint density at radius 3 is 2.64 bits per heavy atom. The van der Waals surface area contributed by atoms with Crippen LogP contribution in [0.4, 0.5) is 13.2 Å². The molecule has 0 bridgehead atoms. The first-order valence-electron chi connectivity index (χ1n) is 6.86. The van der Waals surface area contributed by atoms with Gasteiger partial charge in [-0.05, 0) is 57.9 Å². The van der Waals surface area contributed by atoms with Crippen molar-refractivity contribution in [2.45, 2.75) is 6.18 Å². The van der Waals surface area contributed by atoms with E-state index in [1.54, 1.807) is 18.2 Å². The van der Waals surface area contributed by atoms with E-state index in [0.717, 1.165) is 23.5 Å². The van der Waals surface area contributed by atoms with Crippen molar-refractivity contribution in [1.82, 2.24) is 4.98 Å². The maximum Gasteiger partial charge on any atom is 0.416 e. The summed E-state index contributed by atoms with van der Waals surface area (Å²) < 4.78 is 39.4. The van der Waals surface area contributed by atoms with Crippen LogP contribution in [0.25, 0.3) is 21.9 Å². The van der Waals surface area contributed by atoms with Gasteiger partial charge in [0.05, 0.1) is 25.8 Å². The average Bonchev–Trinajstić information content (AvgIpc) is 2.97. The third-order valence-electron chi connectivity index (χ3n) is 3.35. The molecule has 0 aliphatic carbocycles. The lowest BCUT2D eigenvalue weighted by molar-refractivity contribution is -0.137. The van der Waals surface area contributed by atoms with Crippen molar-refractivity contribution in [3.8, 4) is 11.8 Å². The van der Waals surface area contributed by atoms with Crippen LogP contribution in [0, 0.1) is 11.3 Å². The monoisotopic (exact) mass is 424 g/mol. The average molecular weight is 425 g/mol. The zero-order valence-corrected chi connectivity index (χ0v) is 14.7. The summed E-state index contributed by atoms with van der Waals surface area (Å²) in [5, 5.41) is 19.2. The van der Waals surface area contributed by atoms with Gasteiger partial charge >= 0.3 is 6.18 Å². The number of nitriles is 1. The summed E-state index contributed by atoms with van der Waals surface area (Å²) in [5.41, 5.74) is 0.300. The number of phenolic OH excluding ortho intramolecular Hbond substituents is 1. The Hall–Kier alpha value is -2.37. The molecule has 8 heteroatoms. The smallest absolute Gasteiger partial charge is 0.416 e. The highest BCUT2D eigenvalue weighted by Crippen LogP contribution is 2.34. The summed E-state index contributed by atoms with van der Waals surface area (Å²) in [6, 6.07) is 10.1. The summed E-state index contributed by atoms with van der Waals surface area (Å²) in [4.78, 5) is 4.16. The number of allylic oxidation sites excluding steroid dienone is 1. The Labute approximate surface area is 152 Å². The van der Waals surface area contributed by atoms with Crippen LogP contribution in [0.5, 0.6) is 5.75 Å². The van der Waals surface area contributed by atoms with Crippen molar-refractivity contribution < 1.29 is 18.3 Å². The maximum atomic E-state index is 12.8. The third kappa shape index (κ3) is 3.67. The fraction of sp³-hybridized carbons (Fsp3) is 0.0588. The highest BCUT2D eigenvalue weighted by molar-refractivity contribution is 9.10. The van der Waals surface area contributed by atoms with Crippen molar-refractivity contribution in [2.24, 2.45) is 0 Å². The van der Waals surface area contributed by atoms with E-state index in [1.807, 2.05) is 6.07 Å². The van der Waals surface area contributed by atoms with Crippen LogP contribution >= 0.6 is 27.3 Å². The van der Waals surface area contributed by atoms with Gasteiger partial charge in [-0.25, -0.2) is 4.98 Å². The molecule has 0 amide bonds. The van der Waals surface area contributed by atoms with Crippen LogP contribution in [-0.4, -0.2) is 10.1 Å². The Kier molecular flexibility index (Phi) is 4.54. The largest absolute Gasteiger partial charge is 0.507 e. The number of fused-ring (bicyclic) bond motifs is 1. The van der Waals surface area contributed by atoms with E-state index in [9.17, 15) is 23.5 Å². The number of aromatic hydroxyl groups is 1. The lowest BCUT2D eigenvalue weighted by Gasteiger charge is -2.04. The zero-order chi connectivity index (χ0) is 18.2. The van der Waals surface area contributed by atoms with Gasteiger partial charge in [0.25, 0.3) is 0 Å². The predicted octanol–water partition coefficient (Wildman–Crippen LogP) is 5.85. The van der Waals surface area contributed by atoms with Crippen LogP contribution in [0.3, 0.4) is 0 Å². The molecular formula is C17H8BrF3N2OS. The Morgan fingerprint density at radius 2 is 2.00 bits per heavy atom. The molecule has 0 aliphatic rings. The van der Waals surface area contributed by atoms with Crippen LogP contribution in [0.15, 0.2) is 40.9 Å². The fourth-order valence-corrected chi connectivity index (χ4v) is 3.45. The van der Waals surface area contributed by atoms with Crippen molar-refractivity contribution in [3.05, 3.63) is 57.0 Å². The molecule has 1 aromatic heterocycles. The minimum atomic E-state index is -4.44. The molecule has 25 heavy (non-hydrogen) atoms. The topological polar surface area (TPSA) is 56.9 Å². The molecule has 0 saturated carbocycles. The molecule has 2 aromatic carbocycles. The van der Waals surface area contributed by atoms with Gasteiger partial charge < -0.3 is 5.11 Å². The third-order valence-corrected chi connectivity index (χ3v) is 5.05. The van der Waals surface area contributed by atoms with Gasteiger partial charge in [-0.2, -0.15) is 18.4 Å².